The lowest BCUT2D eigenvalue weighted by molar-refractivity contribution is -0.115. The lowest BCUT2D eigenvalue weighted by Gasteiger charge is -2.15. The Labute approximate surface area is 120 Å². The number of rotatable bonds is 8. The van der Waals surface area contributed by atoms with Crippen molar-refractivity contribution in [3.8, 4) is 5.75 Å². The summed E-state index contributed by atoms with van der Waals surface area (Å²) in [5, 5.41) is 6.15. The summed E-state index contributed by atoms with van der Waals surface area (Å²) in [6.45, 7) is 3.51. The van der Waals surface area contributed by atoms with Gasteiger partial charge in [0.05, 0.1) is 19.3 Å². The maximum absolute atomic E-state index is 11.9. The minimum absolute atomic E-state index is 0.0261. The first kappa shape index (κ1) is 14.9. The molecule has 0 radical (unpaired) electrons. The first-order chi connectivity index (χ1) is 9.69. The van der Waals surface area contributed by atoms with Crippen molar-refractivity contribution in [2.45, 2.75) is 32.6 Å². The average molecular weight is 276 g/mol. The third kappa shape index (κ3) is 3.97. The van der Waals surface area contributed by atoms with E-state index in [1.165, 1.54) is 25.7 Å². The molecule has 2 rings (SSSR count). The molecule has 1 amide bonds. The second kappa shape index (κ2) is 6.75. The summed E-state index contributed by atoms with van der Waals surface area (Å²) in [5.41, 5.74) is 1.19. The van der Waals surface area contributed by atoms with Gasteiger partial charge in [0.25, 0.3) is 0 Å². The van der Waals surface area contributed by atoms with Crippen LogP contribution in [0.3, 0.4) is 0 Å². The van der Waals surface area contributed by atoms with E-state index in [-0.39, 0.29) is 5.91 Å². The van der Waals surface area contributed by atoms with Crippen molar-refractivity contribution in [3.05, 3.63) is 24.3 Å². The summed E-state index contributed by atoms with van der Waals surface area (Å²) in [6, 6.07) is 7.44. The number of anilines is 1. The first-order valence-electron chi connectivity index (χ1n) is 7.33. The van der Waals surface area contributed by atoms with Crippen LogP contribution in [0.25, 0.3) is 0 Å². The molecular formula is C16H24N2O2. The monoisotopic (exact) mass is 276 g/mol. The Hall–Kier alpha value is -1.55. The molecule has 0 saturated heterocycles. The van der Waals surface area contributed by atoms with Gasteiger partial charge in [0.2, 0.25) is 5.91 Å². The van der Waals surface area contributed by atoms with Crippen molar-refractivity contribution in [2.75, 3.05) is 25.5 Å². The zero-order valence-electron chi connectivity index (χ0n) is 12.4. The van der Waals surface area contributed by atoms with E-state index in [2.05, 4.69) is 17.6 Å². The number of amides is 1. The fraction of sp³-hybridized carbons (Fsp3) is 0.562. The number of nitrogens with one attached hydrogen (secondary N) is 2. The van der Waals surface area contributed by atoms with Crippen LogP contribution >= 0.6 is 0 Å². The normalized spacial score (nSPS) is 15.7. The number of methoxy groups -OCH3 is 1. The van der Waals surface area contributed by atoms with Crippen LogP contribution < -0.4 is 15.4 Å². The number of carbonyl (C=O) groups is 1. The van der Waals surface area contributed by atoms with Gasteiger partial charge in [0.1, 0.15) is 5.75 Å². The summed E-state index contributed by atoms with van der Waals surface area (Å²) >= 11 is 0. The molecule has 2 N–H and O–H groups in total. The molecule has 1 saturated carbocycles. The number of hydrogen-bond donors (Lipinski definition) is 2. The topological polar surface area (TPSA) is 50.4 Å². The number of carbonyl (C=O) groups excluding carboxylic acids is 1. The number of ether oxygens (including phenoxy) is 1. The fourth-order valence-electron chi connectivity index (χ4n) is 2.61. The minimum Gasteiger partial charge on any atom is -0.495 e. The van der Waals surface area contributed by atoms with Gasteiger partial charge in [-0.15, -0.1) is 0 Å². The third-order valence-electron chi connectivity index (χ3n) is 3.90. The van der Waals surface area contributed by atoms with E-state index >= 15 is 0 Å². The molecule has 4 heteroatoms. The standard InChI is InChI=1S/C16H24N2O2/c1-3-8-16(9-10-16)12-17-11-15(19)18-13-6-4-5-7-14(13)20-2/h4-7,17H,3,8-12H2,1-2H3,(H,18,19). The molecule has 4 nitrogen and oxygen atoms in total. The van der Waals surface area contributed by atoms with Crippen molar-refractivity contribution >= 4 is 11.6 Å². The largest absolute Gasteiger partial charge is 0.495 e. The van der Waals surface area contributed by atoms with Crippen LogP contribution in [0, 0.1) is 5.41 Å². The highest BCUT2D eigenvalue weighted by atomic mass is 16.5. The van der Waals surface area contributed by atoms with Gasteiger partial charge in [-0.1, -0.05) is 25.5 Å². The SMILES string of the molecule is CCCC1(CNCC(=O)Nc2ccccc2OC)CC1. The highest BCUT2D eigenvalue weighted by molar-refractivity contribution is 5.93. The maximum Gasteiger partial charge on any atom is 0.238 e. The van der Waals surface area contributed by atoms with Crippen molar-refractivity contribution in [3.63, 3.8) is 0 Å². The highest BCUT2D eigenvalue weighted by Crippen LogP contribution is 2.48. The predicted octanol–water partition coefficient (Wildman–Crippen LogP) is 2.80. The number of benzene rings is 1. The van der Waals surface area contributed by atoms with Crippen molar-refractivity contribution < 1.29 is 9.53 Å². The van der Waals surface area contributed by atoms with Crippen molar-refractivity contribution in [1.82, 2.24) is 5.32 Å². The molecule has 0 atom stereocenters. The Kier molecular flexibility index (Phi) is 5.01. The molecule has 1 aliphatic rings. The van der Waals surface area contributed by atoms with E-state index in [1.54, 1.807) is 7.11 Å². The quantitative estimate of drug-likeness (QED) is 0.767. The second-order valence-electron chi connectivity index (χ2n) is 5.60. The van der Waals surface area contributed by atoms with Gasteiger partial charge in [-0.05, 0) is 36.8 Å². The van der Waals surface area contributed by atoms with Crippen LogP contribution in [0.15, 0.2) is 24.3 Å². The van der Waals surface area contributed by atoms with E-state index < -0.39 is 0 Å². The smallest absolute Gasteiger partial charge is 0.238 e. The summed E-state index contributed by atoms with van der Waals surface area (Å²) < 4.78 is 5.21. The molecule has 0 aliphatic heterocycles. The Balaban J connectivity index is 1.75. The van der Waals surface area contributed by atoms with E-state index in [4.69, 9.17) is 4.74 Å². The van der Waals surface area contributed by atoms with Gasteiger partial charge in [-0.3, -0.25) is 4.79 Å². The highest BCUT2D eigenvalue weighted by Gasteiger charge is 2.40. The summed E-state index contributed by atoms with van der Waals surface area (Å²) in [4.78, 5) is 11.9. The molecule has 110 valence electrons. The molecular weight excluding hydrogens is 252 g/mol. The van der Waals surface area contributed by atoms with E-state index in [1.807, 2.05) is 24.3 Å². The fourth-order valence-corrected chi connectivity index (χ4v) is 2.61. The van der Waals surface area contributed by atoms with Crippen LogP contribution in [0.5, 0.6) is 5.75 Å². The lowest BCUT2D eigenvalue weighted by atomic mass is 10.0. The van der Waals surface area contributed by atoms with E-state index in [0.29, 0.717) is 17.7 Å². The first-order valence-corrected chi connectivity index (χ1v) is 7.33. The van der Waals surface area contributed by atoms with Gasteiger partial charge < -0.3 is 15.4 Å². The molecule has 0 unspecified atom stereocenters. The molecule has 0 aromatic heterocycles. The number of hydrogen-bond acceptors (Lipinski definition) is 3. The minimum atomic E-state index is -0.0261. The zero-order chi connectivity index (χ0) is 14.4. The molecule has 20 heavy (non-hydrogen) atoms. The lowest BCUT2D eigenvalue weighted by Crippen LogP contribution is -2.32. The molecule has 1 aliphatic carbocycles. The molecule has 0 heterocycles. The Morgan fingerprint density at radius 2 is 2.10 bits per heavy atom. The van der Waals surface area contributed by atoms with Gasteiger partial charge in [0, 0.05) is 6.54 Å². The molecule has 1 aromatic rings. The Morgan fingerprint density at radius 3 is 2.75 bits per heavy atom. The van der Waals surface area contributed by atoms with E-state index in [9.17, 15) is 4.79 Å². The summed E-state index contributed by atoms with van der Waals surface area (Å²) in [7, 11) is 1.60. The maximum atomic E-state index is 11.9. The number of para-hydroxylation sites is 2. The third-order valence-corrected chi connectivity index (χ3v) is 3.90. The van der Waals surface area contributed by atoms with Crippen LogP contribution in [0.4, 0.5) is 5.69 Å². The summed E-state index contributed by atoms with van der Waals surface area (Å²) in [6.07, 6.45) is 5.06. The van der Waals surface area contributed by atoms with Gasteiger partial charge in [0.15, 0.2) is 0 Å². The predicted molar refractivity (Wildman–Crippen MR) is 81.1 cm³/mol. The van der Waals surface area contributed by atoms with Crippen LogP contribution in [0.2, 0.25) is 0 Å². The molecule has 0 spiro atoms. The molecule has 0 bridgehead atoms. The Bertz CT molecular complexity index is 456. The van der Waals surface area contributed by atoms with Crippen LogP contribution in [-0.2, 0) is 4.79 Å². The molecule has 1 aromatic carbocycles. The average Bonchev–Trinajstić information content (AvgIpc) is 3.19. The van der Waals surface area contributed by atoms with Crippen molar-refractivity contribution in [1.29, 1.82) is 0 Å². The Morgan fingerprint density at radius 1 is 1.35 bits per heavy atom. The summed E-state index contributed by atoms with van der Waals surface area (Å²) in [5.74, 6) is 0.660. The molecule has 1 fully saturated rings. The zero-order valence-corrected chi connectivity index (χ0v) is 12.4. The van der Waals surface area contributed by atoms with Crippen molar-refractivity contribution in [2.24, 2.45) is 5.41 Å². The van der Waals surface area contributed by atoms with Crippen LogP contribution in [-0.4, -0.2) is 26.1 Å². The van der Waals surface area contributed by atoms with E-state index in [0.717, 1.165) is 12.2 Å². The van der Waals surface area contributed by atoms with Gasteiger partial charge >= 0.3 is 0 Å². The second-order valence-corrected chi connectivity index (χ2v) is 5.60. The van der Waals surface area contributed by atoms with Gasteiger partial charge in [-0.2, -0.15) is 0 Å². The van der Waals surface area contributed by atoms with Crippen LogP contribution in [0.1, 0.15) is 32.6 Å². The van der Waals surface area contributed by atoms with Gasteiger partial charge in [-0.25, -0.2) is 0 Å².